The zero-order valence-electron chi connectivity index (χ0n) is 15.0. The molecular formula is C21H18BrN5O. The average Bonchev–Trinajstić information content (AvgIpc) is 3.36. The van der Waals surface area contributed by atoms with Gasteiger partial charge in [0.1, 0.15) is 5.39 Å². The molecule has 0 aliphatic carbocycles. The van der Waals surface area contributed by atoms with E-state index in [1.807, 2.05) is 42.5 Å². The molecule has 1 N–H and O–H groups in total. The number of benzene rings is 2. The van der Waals surface area contributed by atoms with Gasteiger partial charge in [0.25, 0.3) is 5.56 Å². The van der Waals surface area contributed by atoms with Crippen LogP contribution in [0.2, 0.25) is 0 Å². The van der Waals surface area contributed by atoms with Crippen LogP contribution in [0, 0.1) is 0 Å². The smallest absolute Gasteiger partial charge is 0.263 e. The van der Waals surface area contributed by atoms with Crippen LogP contribution in [0.1, 0.15) is 24.4 Å². The van der Waals surface area contributed by atoms with Crippen LogP contribution in [0.4, 0.5) is 5.95 Å². The van der Waals surface area contributed by atoms with Crippen LogP contribution >= 0.6 is 15.9 Å². The number of nitrogens with one attached hydrogen (secondary N) is 1. The van der Waals surface area contributed by atoms with E-state index in [1.54, 1.807) is 10.9 Å². The van der Waals surface area contributed by atoms with Gasteiger partial charge in [0.2, 0.25) is 5.95 Å². The number of aromatic amines is 1. The molecule has 1 aliphatic heterocycles. The minimum absolute atomic E-state index is 0.165. The van der Waals surface area contributed by atoms with E-state index in [1.165, 1.54) is 5.56 Å². The first-order chi connectivity index (χ1) is 13.7. The summed E-state index contributed by atoms with van der Waals surface area (Å²) in [6, 6.07) is 18.3. The van der Waals surface area contributed by atoms with Crippen molar-refractivity contribution in [1.82, 2.24) is 19.7 Å². The highest BCUT2D eigenvalue weighted by molar-refractivity contribution is 9.10. The average molecular weight is 436 g/mol. The van der Waals surface area contributed by atoms with Crippen molar-refractivity contribution in [2.75, 3.05) is 11.4 Å². The number of para-hydroxylation sites is 1. The van der Waals surface area contributed by atoms with Crippen LogP contribution in [-0.2, 0) is 0 Å². The molecule has 2 aromatic carbocycles. The van der Waals surface area contributed by atoms with Gasteiger partial charge in [0.05, 0.1) is 17.9 Å². The summed E-state index contributed by atoms with van der Waals surface area (Å²) in [5.41, 5.74) is 2.50. The zero-order chi connectivity index (χ0) is 19.1. The van der Waals surface area contributed by atoms with E-state index in [2.05, 4.69) is 43.0 Å². The molecule has 0 amide bonds. The Labute approximate surface area is 170 Å². The van der Waals surface area contributed by atoms with Crippen LogP contribution in [0.5, 0.6) is 0 Å². The Balaban J connectivity index is 1.62. The molecule has 28 heavy (non-hydrogen) atoms. The Bertz CT molecular complexity index is 1200. The quantitative estimate of drug-likeness (QED) is 0.523. The number of halogens is 1. The molecule has 0 bridgehead atoms. The first-order valence-corrected chi connectivity index (χ1v) is 10.1. The topological polar surface area (TPSA) is 66.8 Å². The highest BCUT2D eigenvalue weighted by Crippen LogP contribution is 2.35. The van der Waals surface area contributed by atoms with Crippen LogP contribution in [0.3, 0.4) is 0 Å². The Morgan fingerprint density at radius 3 is 2.79 bits per heavy atom. The molecule has 6 nitrogen and oxygen atoms in total. The fourth-order valence-electron chi connectivity index (χ4n) is 3.88. The van der Waals surface area contributed by atoms with Gasteiger partial charge in [-0.25, -0.2) is 4.68 Å². The van der Waals surface area contributed by atoms with Crippen molar-refractivity contribution >= 4 is 32.9 Å². The molecule has 2 aromatic heterocycles. The van der Waals surface area contributed by atoms with Crippen molar-refractivity contribution in [1.29, 1.82) is 0 Å². The molecule has 4 aromatic rings. The highest BCUT2D eigenvalue weighted by atomic mass is 79.9. The van der Waals surface area contributed by atoms with E-state index >= 15 is 0 Å². The summed E-state index contributed by atoms with van der Waals surface area (Å²) in [7, 11) is 0. The summed E-state index contributed by atoms with van der Waals surface area (Å²) in [6.07, 6.45) is 3.65. The third kappa shape index (κ3) is 2.92. The maximum absolute atomic E-state index is 12.7. The molecule has 5 rings (SSSR count). The van der Waals surface area contributed by atoms with Crippen LogP contribution in [-0.4, -0.2) is 26.3 Å². The number of fused-ring (bicyclic) bond motifs is 1. The van der Waals surface area contributed by atoms with Gasteiger partial charge in [-0.3, -0.25) is 9.78 Å². The van der Waals surface area contributed by atoms with Gasteiger partial charge < -0.3 is 4.90 Å². The lowest BCUT2D eigenvalue weighted by molar-refractivity contribution is 0.701. The predicted molar refractivity (Wildman–Crippen MR) is 113 cm³/mol. The number of H-pyrrole nitrogens is 1. The van der Waals surface area contributed by atoms with Crippen LogP contribution in [0.25, 0.3) is 16.7 Å². The minimum atomic E-state index is -0.165. The molecule has 1 unspecified atom stereocenters. The number of anilines is 1. The molecule has 0 spiro atoms. The normalized spacial score (nSPS) is 16.8. The molecule has 1 atom stereocenters. The molecule has 1 fully saturated rings. The number of rotatable bonds is 3. The van der Waals surface area contributed by atoms with Crippen molar-refractivity contribution in [3.63, 3.8) is 0 Å². The summed E-state index contributed by atoms with van der Waals surface area (Å²) < 4.78 is 2.77. The van der Waals surface area contributed by atoms with Gasteiger partial charge in [-0.1, -0.05) is 46.3 Å². The molecule has 0 saturated carbocycles. The second-order valence-electron chi connectivity index (χ2n) is 6.93. The third-order valence-electron chi connectivity index (χ3n) is 5.18. The maximum Gasteiger partial charge on any atom is 0.263 e. The summed E-state index contributed by atoms with van der Waals surface area (Å²) >= 11 is 3.56. The van der Waals surface area contributed by atoms with Gasteiger partial charge in [0.15, 0.2) is 5.65 Å². The van der Waals surface area contributed by atoms with Crippen LogP contribution < -0.4 is 10.5 Å². The van der Waals surface area contributed by atoms with Gasteiger partial charge in [-0.2, -0.15) is 10.1 Å². The minimum Gasteiger partial charge on any atom is -0.335 e. The number of hydrogen-bond acceptors (Lipinski definition) is 4. The fourth-order valence-corrected chi connectivity index (χ4v) is 4.30. The van der Waals surface area contributed by atoms with Crippen molar-refractivity contribution < 1.29 is 0 Å². The first kappa shape index (κ1) is 17.2. The van der Waals surface area contributed by atoms with Gasteiger partial charge >= 0.3 is 0 Å². The van der Waals surface area contributed by atoms with Crippen molar-refractivity contribution in [2.45, 2.75) is 18.9 Å². The molecule has 0 radical (unpaired) electrons. The number of hydrogen-bond donors (Lipinski definition) is 1. The van der Waals surface area contributed by atoms with Crippen LogP contribution in [0.15, 0.2) is 70.1 Å². The second-order valence-corrected chi connectivity index (χ2v) is 7.84. The van der Waals surface area contributed by atoms with E-state index in [9.17, 15) is 4.79 Å². The Hall–Kier alpha value is -2.93. The molecule has 1 saturated heterocycles. The summed E-state index contributed by atoms with van der Waals surface area (Å²) in [4.78, 5) is 22.7. The standard InChI is InChI=1S/C21H18BrN5O/c22-15-7-4-6-14(12-15)18-10-5-11-26(18)21-24-19-17(20(28)25-21)13-23-27(19)16-8-2-1-3-9-16/h1-4,6-9,12-13,18H,5,10-11H2,(H,24,25,28). The maximum atomic E-state index is 12.7. The zero-order valence-corrected chi connectivity index (χ0v) is 16.6. The Kier molecular flexibility index (Phi) is 4.24. The fraction of sp³-hybridized carbons (Fsp3) is 0.190. The highest BCUT2D eigenvalue weighted by Gasteiger charge is 2.28. The first-order valence-electron chi connectivity index (χ1n) is 9.26. The number of nitrogens with zero attached hydrogens (tertiary/aromatic N) is 4. The summed E-state index contributed by atoms with van der Waals surface area (Å²) in [6.45, 7) is 0.852. The van der Waals surface area contributed by atoms with E-state index in [0.29, 0.717) is 17.0 Å². The lowest BCUT2D eigenvalue weighted by Gasteiger charge is -2.25. The largest absolute Gasteiger partial charge is 0.335 e. The predicted octanol–water partition coefficient (Wildman–Crippen LogP) is 4.21. The lowest BCUT2D eigenvalue weighted by atomic mass is 10.1. The Morgan fingerprint density at radius 1 is 1.11 bits per heavy atom. The monoisotopic (exact) mass is 435 g/mol. The SMILES string of the molecule is O=c1[nH]c(N2CCCC2c2cccc(Br)c2)nc2c1cnn2-c1ccccc1. The number of aromatic nitrogens is 4. The Morgan fingerprint density at radius 2 is 1.96 bits per heavy atom. The second kappa shape index (κ2) is 6.91. The lowest BCUT2D eigenvalue weighted by Crippen LogP contribution is -2.27. The summed E-state index contributed by atoms with van der Waals surface area (Å²) in [5, 5.41) is 4.88. The van der Waals surface area contributed by atoms with Gasteiger partial charge in [-0.15, -0.1) is 0 Å². The molecule has 7 heteroatoms. The van der Waals surface area contributed by atoms with E-state index < -0.39 is 0 Å². The molecule has 1 aliphatic rings. The van der Waals surface area contributed by atoms with E-state index in [0.717, 1.165) is 29.5 Å². The van der Waals surface area contributed by atoms with E-state index in [4.69, 9.17) is 4.98 Å². The molecule has 3 heterocycles. The van der Waals surface area contributed by atoms with E-state index in [-0.39, 0.29) is 11.6 Å². The van der Waals surface area contributed by atoms with Crippen molar-refractivity contribution in [3.05, 3.63) is 81.2 Å². The van der Waals surface area contributed by atoms with Gasteiger partial charge in [0, 0.05) is 11.0 Å². The summed E-state index contributed by atoms with van der Waals surface area (Å²) in [5.74, 6) is 0.595. The molecule has 140 valence electrons. The molecular weight excluding hydrogens is 418 g/mol. The third-order valence-corrected chi connectivity index (χ3v) is 5.68. The van der Waals surface area contributed by atoms with Crippen molar-refractivity contribution in [2.24, 2.45) is 0 Å². The van der Waals surface area contributed by atoms with Gasteiger partial charge in [-0.05, 0) is 42.7 Å². The van der Waals surface area contributed by atoms with Crippen molar-refractivity contribution in [3.8, 4) is 5.69 Å².